The maximum Gasteiger partial charge on any atom is 0.471 e. The number of urea groups is 2. The number of carbonyl (C=O) groups excluding carboxylic acids is 4. The second-order valence-electron chi connectivity index (χ2n) is 21.0. The monoisotopic (exact) mass is 1170 g/mol. The van der Waals surface area contributed by atoms with E-state index in [0.717, 1.165) is 94.7 Å². The fraction of sp³-hybridized carbons (Fsp3) is 0.270. The van der Waals surface area contributed by atoms with Crippen molar-refractivity contribution in [2.24, 2.45) is 14.1 Å². The number of ketones is 1. The number of piperidine rings is 2. The van der Waals surface area contributed by atoms with Crippen molar-refractivity contribution in [2.45, 2.75) is 64.0 Å². The highest BCUT2D eigenvalue weighted by molar-refractivity contribution is 6.00. The average Bonchev–Trinajstić information content (AvgIpc) is 4.20. The molecule has 0 atom stereocenters. The smallest absolute Gasteiger partial charge is 0.413 e. The summed E-state index contributed by atoms with van der Waals surface area (Å²) >= 11 is 0. The van der Waals surface area contributed by atoms with Crippen LogP contribution in [0.2, 0.25) is 0 Å². The quantitative estimate of drug-likeness (QED) is 0.0948. The lowest BCUT2D eigenvalue weighted by Gasteiger charge is -2.33. The number of hydrogen-bond donors (Lipinski definition) is 1. The molecule has 2 aliphatic rings. The van der Waals surface area contributed by atoms with Crippen LogP contribution >= 0.6 is 0 Å². The molecule has 85 heavy (non-hydrogen) atoms. The van der Waals surface area contributed by atoms with Crippen molar-refractivity contribution in [3.05, 3.63) is 180 Å². The number of aromatic nitrogens is 4. The van der Waals surface area contributed by atoms with Crippen molar-refractivity contribution in [2.75, 3.05) is 42.5 Å². The number of hydrogen-bond acceptors (Lipinski definition) is 7. The third-order valence-corrected chi connectivity index (χ3v) is 15.2. The molecule has 5 heterocycles. The lowest BCUT2D eigenvalue weighted by atomic mass is 10.0. The van der Waals surface area contributed by atoms with Crippen LogP contribution in [0.5, 0.6) is 0 Å². The Morgan fingerprint density at radius 2 is 0.976 bits per heavy atom. The van der Waals surface area contributed by atoms with Crippen molar-refractivity contribution < 1.29 is 58.7 Å². The molecule has 2 saturated heterocycles. The van der Waals surface area contributed by atoms with Gasteiger partial charge in [-0.15, -0.1) is 10.2 Å². The predicted molar refractivity (Wildman–Crippen MR) is 305 cm³/mol. The topological polar surface area (TPSA) is 142 Å². The summed E-state index contributed by atoms with van der Waals surface area (Å²) in [4.78, 5) is 57.2. The van der Waals surface area contributed by atoms with Gasteiger partial charge in [0.25, 0.3) is 0 Å². The summed E-state index contributed by atoms with van der Waals surface area (Å²) in [6.45, 7) is 1.27. The van der Waals surface area contributed by atoms with E-state index in [0.29, 0.717) is 37.6 Å². The van der Waals surface area contributed by atoms with Crippen LogP contribution in [0.1, 0.15) is 65.9 Å². The lowest BCUT2D eigenvalue weighted by Crippen LogP contribution is -2.45. The van der Waals surface area contributed by atoms with Crippen LogP contribution < -0.4 is 15.1 Å². The molecule has 0 bridgehead atoms. The molecule has 1 N–H and O–H groups in total. The molecule has 11 rings (SSSR count). The molecule has 3 aromatic heterocycles. The first-order valence-electron chi connectivity index (χ1n) is 27.5. The van der Waals surface area contributed by atoms with Crippen molar-refractivity contribution in [3.63, 3.8) is 0 Å². The number of aryl methyl sites for hydroxylation is 2. The highest BCUT2D eigenvalue weighted by atomic mass is 19.4. The van der Waals surface area contributed by atoms with Gasteiger partial charge in [-0.2, -0.15) is 26.3 Å². The molecule has 2 aliphatic heterocycles. The Hall–Kier alpha value is -9.34. The van der Waals surface area contributed by atoms with Crippen LogP contribution in [-0.2, 0) is 38.2 Å². The van der Waals surface area contributed by atoms with E-state index in [1.807, 2.05) is 104 Å². The van der Waals surface area contributed by atoms with Gasteiger partial charge in [-0.3, -0.25) is 19.4 Å². The Morgan fingerprint density at radius 3 is 1.41 bits per heavy atom. The summed E-state index contributed by atoms with van der Waals surface area (Å²) in [5, 5.41) is 10.1. The number of carbonyl (C=O) groups is 4. The third kappa shape index (κ3) is 13.5. The first-order valence-corrected chi connectivity index (χ1v) is 27.5. The van der Waals surface area contributed by atoms with Crippen molar-refractivity contribution in [1.29, 1.82) is 0 Å². The number of benzene rings is 6. The zero-order chi connectivity index (χ0) is 60.2. The fourth-order valence-electron chi connectivity index (χ4n) is 10.5. The highest BCUT2D eigenvalue weighted by Gasteiger charge is 2.39. The summed E-state index contributed by atoms with van der Waals surface area (Å²) in [5.41, 5.74) is 7.50. The van der Waals surface area contributed by atoms with Crippen molar-refractivity contribution >= 4 is 56.9 Å². The summed E-state index contributed by atoms with van der Waals surface area (Å²) < 4.78 is 115. The normalized spacial score (nSPS) is 13.8. The predicted octanol–water partition coefficient (Wildman–Crippen LogP) is 14.1. The number of amides is 5. The first kappa shape index (κ1) is 58.8. The zero-order valence-electron chi connectivity index (χ0n) is 46.2. The van der Waals surface area contributed by atoms with Crippen molar-refractivity contribution in [1.82, 2.24) is 34.4 Å². The van der Waals surface area contributed by atoms with Gasteiger partial charge in [-0.25, -0.2) is 18.4 Å². The Kier molecular flexibility index (Phi) is 17.2. The number of Topliss-reactive ketones (excluding diaryl/α,β-unsaturated/α-hetero) is 1. The minimum Gasteiger partial charge on any atom is -0.413 e. The molecular formula is C63H57F8N9O5. The van der Waals surface area contributed by atoms with Gasteiger partial charge in [0.15, 0.2) is 5.78 Å². The van der Waals surface area contributed by atoms with Crippen LogP contribution in [-0.4, -0.2) is 91.8 Å². The summed E-state index contributed by atoms with van der Waals surface area (Å²) in [7, 11) is 3.98. The van der Waals surface area contributed by atoms with Crippen LogP contribution in [0.25, 0.3) is 55.5 Å². The van der Waals surface area contributed by atoms with Gasteiger partial charge in [-0.1, -0.05) is 54.6 Å². The Labute approximate surface area is 482 Å². The number of nitrogens with zero attached hydrogens (tertiary/aromatic N) is 8. The van der Waals surface area contributed by atoms with E-state index in [-0.39, 0.29) is 47.4 Å². The average molecular weight is 1170 g/mol. The van der Waals surface area contributed by atoms with E-state index >= 15 is 8.78 Å². The van der Waals surface area contributed by atoms with Gasteiger partial charge in [0.1, 0.15) is 11.6 Å². The zero-order valence-corrected chi connectivity index (χ0v) is 46.2. The second kappa shape index (κ2) is 24.9. The maximum atomic E-state index is 15.3. The molecule has 14 nitrogen and oxygen atoms in total. The van der Waals surface area contributed by atoms with E-state index in [1.54, 1.807) is 9.80 Å². The molecule has 0 aliphatic carbocycles. The number of likely N-dealkylation sites (tertiary alicyclic amines) is 2. The molecule has 2 fully saturated rings. The molecule has 440 valence electrons. The van der Waals surface area contributed by atoms with Gasteiger partial charge in [0.2, 0.25) is 5.89 Å². The molecule has 5 amide bonds. The minimum atomic E-state index is -5.13. The number of halogens is 8. The van der Waals surface area contributed by atoms with E-state index in [1.165, 1.54) is 39.4 Å². The molecule has 6 aromatic carbocycles. The van der Waals surface area contributed by atoms with Gasteiger partial charge in [0.05, 0.1) is 19.6 Å². The van der Waals surface area contributed by atoms with E-state index in [4.69, 9.17) is 0 Å². The summed E-state index contributed by atoms with van der Waals surface area (Å²) in [5.74, 6) is -6.59. The fourth-order valence-corrected chi connectivity index (χ4v) is 10.5. The second-order valence-corrected chi connectivity index (χ2v) is 21.0. The first-order chi connectivity index (χ1) is 40.7. The highest BCUT2D eigenvalue weighted by Crippen LogP contribution is 2.34. The Balaban J connectivity index is 0.000000189. The minimum absolute atomic E-state index is 0.00731. The van der Waals surface area contributed by atoms with Crippen LogP contribution in [0.3, 0.4) is 0 Å². The van der Waals surface area contributed by atoms with E-state index < -0.39 is 54.0 Å². The molecule has 0 saturated carbocycles. The molecule has 0 radical (unpaired) electrons. The third-order valence-electron chi connectivity index (χ3n) is 15.2. The van der Waals surface area contributed by atoms with Gasteiger partial charge < -0.3 is 28.7 Å². The lowest BCUT2D eigenvalue weighted by molar-refractivity contribution is -0.173. The van der Waals surface area contributed by atoms with E-state index in [2.05, 4.69) is 43.4 Å². The largest absolute Gasteiger partial charge is 0.471 e. The molecule has 22 heteroatoms. The maximum absolute atomic E-state index is 15.3. The molecule has 0 spiro atoms. The van der Waals surface area contributed by atoms with Crippen molar-refractivity contribution in [3.8, 4) is 33.7 Å². The SMILES string of the molecule is Cn1ccc2cc(-c3ccc(N(Cc4ccc(-c5nnc(C(F)(F)F)o5)cc4F)C(=O)N4CCCCC4)cc3)ccc21.Cn1ccc2cc(-c3ccc(N(Cc4ccc(C(=O)CNC(=O)C(F)(F)F)cc4F)C(=O)N4CCCCC4)cc3)ccc21. The number of rotatable bonds is 12. The van der Waals surface area contributed by atoms with E-state index in [9.17, 15) is 45.5 Å². The van der Waals surface area contributed by atoms with Gasteiger partial charge in [0, 0.05) is 108 Å². The Morgan fingerprint density at radius 1 is 0.529 bits per heavy atom. The van der Waals surface area contributed by atoms with Crippen LogP contribution in [0, 0.1) is 11.6 Å². The molecule has 0 unspecified atom stereocenters. The number of nitrogens with one attached hydrogen (secondary N) is 1. The van der Waals surface area contributed by atoms with Crippen LogP contribution in [0.4, 0.5) is 56.1 Å². The summed E-state index contributed by atoms with van der Waals surface area (Å²) in [6.07, 6.45) is -0.321. The molecular weight excluding hydrogens is 1110 g/mol. The van der Waals surface area contributed by atoms with Crippen LogP contribution in [0.15, 0.2) is 150 Å². The van der Waals surface area contributed by atoms with Gasteiger partial charge in [-0.05, 0) is 140 Å². The van der Waals surface area contributed by atoms with Gasteiger partial charge >= 0.3 is 36.2 Å². The summed E-state index contributed by atoms with van der Waals surface area (Å²) in [6, 6.07) is 38.3. The Bertz CT molecular complexity index is 3900. The standard InChI is InChI=1S/C32H30F4N4O3.C31H27F4N5O2/c1-38-16-13-23-17-22(9-12-28(23)38)21-7-10-26(11-8-21)40(31(43)39-14-3-2-4-15-39)20-25-6-5-24(18-27(25)33)29(41)19-37-30(42)32(34,35)36;1-38-16-13-22-17-21(9-12-27(22)38)20-7-10-25(11-8-20)40(30(41)39-14-3-2-4-15-39)19-24-6-5-23(18-26(24)32)28-36-37-29(42-28)31(33,34)35/h5-13,16-18H,2-4,14-15,19-20H2,1H3,(H,37,42);5-13,16-18H,2-4,14-15,19H2,1H3. The number of anilines is 2. The molecule has 9 aromatic rings. The number of fused-ring (bicyclic) bond motifs is 2. The number of alkyl halides is 6.